The minimum atomic E-state index is -2.93. The predicted molar refractivity (Wildman–Crippen MR) is 77.0 cm³/mol. The molecule has 1 atom stereocenters. The standard InChI is InChI=1S/C12H14BrFN2O2S/c13-9-5-11-12(6-10(9)14)16(3-2-15-11)8-1-4-19(17,18)7-8/h5-6,8,15H,1-4,7H2. The zero-order valence-electron chi connectivity index (χ0n) is 10.2. The first-order chi connectivity index (χ1) is 8.96. The molecule has 0 bridgehead atoms. The lowest BCUT2D eigenvalue weighted by Crippen LogP contribution is -2.42. The Morgan fingerprint density at radius 1 is 1.42 bits per heavy atom. The van der Waals surface area contributed by atoms with Crippen LogP contribution < -0.4 is 10.2 Å². The first kappa shape index (κ1) is 13.2. The van der Waals surface area contributed by atoms with E-state index in [9.17, 15) is 12.8 Å². The van der Waals surface area contributed by atoms with Gasteiger partial charge in [0.25, 0.3) is 0 Å². The molecule has 1 aromatic rings. The van der Waals surface area contributed by atoms with Crippen LogP contribution in [0.3, 0.4) is 0 Å². The number of nitrogens with one attached hydrogen (secondary N) is 1. The van der Waals surface area contributed by atoms with Crippen LogP contribution in [0.15, 0.2) is 16.6 Å². The molecule has 104 valence electrons. The zero-order chi connectivity index (χ0) is 13.6. The third-order valence-corrected chi connectivity index (χ3v) is 6.02. The van der Waals surface area contributed by atoms with Gasteiger partial charge in [0, 0.05) is 25.2 Å². The van der Waals surface area contributed by atoms with Crippen molar-refractivity contribution in [2.75, 3.05) is 34.8 Å². The van der Waals surface area contributed by atoms with Crippen LogP contribution in [0.25, 0.3) is 0 Å². The highest BCUT2D eigenvalue weighted by Crippen LogP contribution is 2.36. The quantitative estimate of drug-likeness (QED) is 0.843. The lowest BCUT2D eigenvalue weighted by atomic mass is 10.1. The molecule has 4 nitrogen and oxygen atoms in total. The van der Waals surface area contributed by atoms with E-state index in [1.165, 1.54) is 6.07 Å². The number of anilines is 2. The van der Waals surface area contributed by atoms with Gasteiger partial charge in [0.2, 0.25) is 0 Å². The van der Waals surface area contributed by atoms with Gasteiger partial charge in [0.05, 0.1) is 27.4 Å². The van der Waals surface area contributed by atoms with Crippen LogP contribution in [0.1, 0.15) is 6.42 Å². The van der Waals surface area contributed by atoms with E-state index in [0.29, 0.717) is 17.4 Å². The van der Waals surface area contributed by atoms with Crippen molar-refractivity contribution in [3.63, 3.8) is 0 Å². The summed E-state index contributed by atoms with van der Waals surface area (Å²) in [5, 5.41) is 3.22. The Balaban J connectivity index is 1.97. The highest BCUT2D eigenvalue weighted by atomic mass is 79.9. The molecule has 2 aliphatic rings. The van der Waals surface area contributed by atoms with E-state index >= 15 is 0 Å². The summed E-state index contributed by atoms with van der Waals surface area (Å²) < 4.78 is 37.3. The summed E-state index contributed by atoms with van der Waals surface area (Å²) in [5.74, 6) is 0.0772. The molecule has 1 saturated heterocycles. The Labute approximate surface area is 120 Å². The van der Waals surface area contributed by atoms with E-state index in [2.05, 4.69) is 21.2 Å². The lowest BCUT2D eigenvalue weighted by molar-refractivity contribution is 0.597. The van der Waals surface area contributed by atoms with Crippen molar-refractivity contribution in [2.24, 2.45) is 0 Å². The molecule has 0 spiro atoms. The number of fused-ring (bicyclic) bond motifs is 1. The normalized spacial score (nSPS) is 24.9. The Bertz CT molecular complexity index is 620. The maximum absolute atomic E-state index is 13.7. The zero-order valence-corrected chi connectivity index (χ0v) is 12.6. The molecule has 1 fully saturated rings. The molecule has 0 radical (unpaired) electrons. The molecule has 2 aliphatic heterocycles. The third kappa shape index (κ3) is 2.45. The van der Waals surface area contributed by atoms with Crippen molar-refractivity contribution in [1.82, 2.24) is 0 Å². The summed E-state index contributed by atoms with van der Waals surface area (Å²) in [7, 11) is -2.93. The maximum atomic E-state index is 13.7. The van der Waals surface area contributed by atoms with E-state index in [0.717, 1.165) is 17.9 Å². The van der Waals surface area contributed by atoms with Crippen LogP contribution in [-0.4, -0.2) is 39.1 Å². The van der Waals surface area contributed by atoms with Crippen LogP contribution in [0.4, 0.5) is 15.8 Å². The largest absolute Gasteiger partial charge is 0.382 e. The van der Waals surface area contributed by atoms with Gasteiger partial charge in [-0.2, -0.15) is 0 Å². The van der Waals surface area contributed by atoms with Gasteiger partial charge in [-0.15, -0.1) is 0 Å². The van der Waals surface area contributed by atoms with E-state index in [1.54, 1.807) is 6.07 Å². The Morgan fingerprint density at radius 3 is 2.89 bits per heavy atom. The van der Waals surface area contributed by atoms with E-state index in [-0.39, 0.29) is 23.4 Å². The molecule has 19 heavy (non-hydrogen) atoms. The summed E-state index contributed by atoms with van der Waals surface area (Å²) >= 11 is 3.17. The smallest absolute Gasteiger partial charge is 0.152 e. The second kappa shape index (κ2) is 4.63. The summed E-state index contributed by atoms with van der Waals surface area (Å²) in [6, 6.07) is 3.14. The topological polar surface area (TPSA) is 49.4 Å². The molecule has 0 amide bonds. The number of hydrogen-bond acceptors (Lipinski definition) is 4. The van der Waals surface area contributed by atoms with Crippen molar-refractivity contribution in [2.45, 2.75) is 12.5 Å². The molecule has 1 unspecified atom stereocenters. The molecular formula is C12H14BrFN2O2S. The number of nitrogens with zero attached hydrogens (tertiary/aromatic N) is 1. The average molecular weight is 349 g/mol. The number of benzene rings is 1. The van der Waals surface area contributed by atoms with Crippen molar-refractivity contribution < 1.29 is 12.8 Å². The molecular weight excluding hydrogens is 335 g/mol. The van der Waals surface area contributed by atoms with Gasteiger partial charge in [0.1, 0.15) is 5.82 Å². The number of halogens is 2. The lowest BCUT2D eigenvalue weighted by Gasteiger charge is -2.36. The van der Waals surface area contributed by atoms with Crippen LogP contribution in [0.5, 0.6) is 0 Å². The van der Waals surface area contributed by atoms with Crippen molar-refractivity contribution >= 4 is 37.1 Å². The summed E-state index contributed by atoms with van der Waals surface area (Å²) in [4.78, 5) is 2.02. The van der Waals surface area contributed by atoms with E-state index in [1.807, 2.05) is 4.90 Å². The van der Waals surface area contributed by atoms with Gasteiger partial charge in [-0.3, -0.25) is 0 Å². The molecule has 0 aromatic heterocycles. The third-order valence-electron chi connectivity index (χ3n) is 3.67. The number of rotatable bonds is 1. The molecule has 0 aliphatic carbocycles. The molecule has 7 heteroatoms. The van der Waals surface area contributed by atoms with Gasteiger partial charge in [-0.25, -0.2) is 12.8 Å². The molecule has 0 saturated carbocycles. The van der Waals surface area contributed by atoms with Crippen LogP contribution in [0, 0.1) is 5.82 Å². The molecule has 2 heterocycles. The fraction of sp³-hybridized carbons (Fsp3) is 0.500. The molecule has 1 aromatic carbocycles. The minimum Gasteiger partial charge on any atom is -0.382 e. The second-order valence-electron chi connectivity index (χ2n) is 4.96. The van der Waals surface area contributed by atoms with Gasteiger partial charge in [-0.1, -0.05) is 0 Å². The van der Waals surface area contributed by atoms with Gasteiger partial charge >= 0.3 is 0 Å². The van der Waals surface area contributed by atoms with Crippen LogP contribution in [0.2, 0.25) is 0 Å². The van der Waals surface area contributed by atoms with Gasteiger partial charge in [0.15, 0.2) is 9.84 Å². The summed E-state index contributed by atoms with van der Waals surface area (Å²) in [5.41, 5.74) is 1.61. The predicted octanol–water partition coefficient (Wildman–Crippen LogP) is 2.01. The van der Waals surface area contributed by atoms with Gasteiger partial charge in [-0.05, 0) is 28.4 Å². The van der Waals surface area contributed by atoms with Gasteiger partial charge < -0.3 is 10.2 Å². The fourth-order valence-electron chi connectivity index (χ4n) is 2.75. The second-order valence-corrected chi connectivity index (χ2v) is 8.04. The Morgan fingerprint density at radius 2 is 2.21 bits per heavy atom. The first-order valence-corrected chi connectivity index (χ1v) is 8.78. The maximum Gasteiger partial charge on any atom is 0.152 e. The number of hydrogen-bond donors (Lipinski definition) is 1. The summed E-state index contributed by atoms with van der Waals surface area (Å²) in [6.07, 6.45) is 0.624. The molecule has 1 N–H and O–H groups in total. The van der Waals surface area contributed by atoms with Crippen molar-refractivity contribution in [3.05, 3.63) is 22.4 Å². The monoisotopic (exact) mass is 348 g/mol. The van der Waals surface area contributed by atoms with Crippen LogP contribution in [-0.2, 0) is 9.84 Å². The van der Waals surface area contributed by atoms with Crippen LogP contribution >= 0.6 is 15.9 Å². The fourth-order valence-corrected chi connectivity index (χ4v) is 4.82. The highest BCUT2D eigenvalue weighted by molar-refractivity contribution is 9.10. The summed E-state index contributed by atoms with van der Waals surface area (Å²) in [6.45, 7) is 1.44. The Hall–Kier alpha value is -0.820. The highest BCUT2D eigenvalue weighted by Gasteiger charge is 2.34. The molecule has 3 rings (SSSR count). The first-order valence-electron chi connectivity index (χ1n) is 6.16. The van der Waals surface area contributed by atoms with Crippen molar-refractivity contribution in [1.29, 1.82) is 0 Å². The Kier molecular flexibility index (Phi) is 3.21. The minimum absolute atomic E-state index is 0.0357. The number of sulfone groups is 1. The van der Waals surface area contributed by atoms with E-state index in [4.69, 9.17) is 0 Å². The van der Waals surface area contributed by atoms with Crippen molar-refractivity contribution in [3.8, 4) is 0 Å². The van der Waals surface area contributed by atoms with E-state index < -0.39 is 9.84 Å². The SMILES string of the molecule is O=S1(=O)CCC(N2CCNc3cc(Br)c(F)cc32)C1. The average Bonchev–Trinajstić information content (AvgIpc) is 2.70.